The molecular formula is C18H27F2N3O2. The van der Waals surface area contributed by atoms with E-state index in [1.165, 1.54) is 12.1 Å². The molecule has 0 spiro atoms. The lowest BCUT2D eigenvalue weighted by molar-refractivity contribution is -0.00769. The van der Waals surface area contributed by atoms with Gasteiger partial charge in [-0.25, -0.2) is 8.78 Å². The summed E-state index contributed by atoms with van der Waals surface area (Å²) in [5.41, 5.74) is -0.546. The maximum atomic E-state index is 14.3. The molecule has 2 fully saturated rings. The molecule has 2 saturated heterocycles. The summed E-state index contributed by atoms with van der Waals surface area (Å²) >= 11 is 0. The molecule has 1 aromatic rings. The maximum Gasteiger partial charge on any atom is 0.153 e. The molecule has 0 aliphatic carbocycles. The van der Waals surface area contributed by atoms with Gasteiger partial charge in [0.15, 0.2) is 11.6 Å². The number of anilines is 1. The predicted molar refractivity (Wildman–Crippen MR) is 93.2 cm³/mol. The van der Waals surface area contributed by atoms with E-state index in [1.807, 2.05) is 6.92 Å². The van der Waals surface area contributed by atoms with Gasteiger partial charge in [0.25, 0.3) is 0 Å². The molecule has 25 heavy (non-hydrogen) atoms. The van der Waals surface area contributed by atoms with Crippen LogP contribution in [0.1, 0.15) is 19.8 Å². The normalized spacial score (nSPS) is 21.4. The molecule has 0 atom stereocenters. The number of piperidine rings is 1. The fourth-order valence-corrected chi connectivity index (χ4v) is 3.37. The van der Waals surface area contributed by atoms with Crippen LogP contribution in [-0.4, -0.2) is 68.0 Å². The molecule has 1 aromatic carbocycles. The largest absolute Gasteiger partial charge is 0.492 e. The van der Waals surface area contributed by atoms with Crippen LogP contribution < -0.4 is 15.0 Å². The lowest BCUT2D eigenvalue weighted by Crippen LogP contribution is -2.44. The topological polar surface area (TPSA) is 48.0 Å². The van der Waals surface area contributed by atoms with Crippen molar-refractivity contribution in [3.63, 3.8) is 0 Å². The minimum absolute atomic E-state index is 0.0344. The van der Waals surface area contributed by atoms with Crippen LogP contribution in [0.15, 0.2) is 12.1 Å². The van der Waals surface area contributed by atoms with Crippen LogP contribution in [0.2, 0.25) is 0 Å². The van der Waals surface area contributed by atoms with Gasteiger partial charge in [0, 0.05) is 57.9 Å². The van der Waals surface area contributed by atoms with E-state index in [4.69, 9.17) is 4.74 Å². The van der Waals surface area contributed by atoms with Crippen LogP contribution in [0, 0.1) is 11.6 Å². The Bertz CT molecular complexity index is 559. The summed E-state index contributed by atoms with van der Waals surface area (Å²) in [6, 6.07) is 2.53. The standard InChI is InChI=1S/C18H27F2N3O2/c1-18(24)2-6-22(7-3-18)10-11-25-14-12-15(19)17(16(20)13-14)23-8-4-21-5-9-23/h12-13,21,24H,2-11H2,1H3. The van der Waals surface area contributed by atoms with Gasteiger partial charge in [-0.15, -0.1) is 0 Å². The minimum atomic E-state index is -0.580. The van der Waals surface area contributed by atoms with Gasteiger partial charge in [-0.2, -0.15) is 0 Å². The average molecular weight is 355 g/mol. The van der Waals surface area contributed by atoms with E-state index in [-0.39, 0.29) is 11.4 Å². The first-order chi connectivity index (χ1) is 11.9. The molecular weight excluding hydrogens is 328 g/mol. The number of ether oxygens (including phenoxy) is 1. The molecule has 0 amide bonds. The average Bonchev–Trinajstić information content (AvgIpc) is 2.57. The van der Waals surface area contributed by atoms with Gasteiger partial charge in [-0.3, -0.25) is 4.90 Å². The molecule has 0 aromatic heterocycles. The molecule has 0 radical (unpaired) electrons. The lowest BCUT2D eigenvalue weighted by Gasteiger charge is -2.35. The molecule has 2 N–H and O–H groups in total. The van der Waals surface area contributed by atoms with Gasteiger partial charge >= 0.3 is 0 Å². The van der Waals surface area contributed by atoms with Crippen molar-refractivity contribution >= 4 is 5.69 Å². The number of nitrogens with zero attached hydrogens (tertiary/aromatic N) is 2. The number of aliphatic hydroxyl groups is 1. The first-order valence-corrected chi connectivity index (χ1v) is 8.97. The Labute approximate surface area is 147 Å². The molecule has 3 rings (SSSR count). The number of nitrogens with one attached hydrogen (secondary N) is 1. The molecule has 0 unspecified atom stereocenters. The van der Waals surface area contributed by atoms with Crippen molar-refractivity contribution < 1.29 is 18.6 Å². The van der Waals surface area contributed by atoms with E-state index >= 15 is 0 Å². The van der Waals surface area contributed by atoms with E-state index < -0.39 is 17.2 Å². The molecule has 2 aliphatic heterocycles. The minimum Gasteiger partial charge on any atom is -0.492 e. The summed E-state index contributed by atoms with van der Waals surface area (Å²) in [5.74, 6) is -0.935. The van der Waals surface area contributed by atoms with E-state index in [0.717, 1.165) is 39.0 Å². The second kappa shape index (κ2) is 7.85. The highest BCUT2D eigenvalue weighted by molar-refractivity contribution is 5.52. The van der Waals surface area contributed by atoms with Gasteiger partial charge in [0.05, 0.1) is 5.60 Å². The SMILES string of the molecule is CC1(O)CCN(CCOc2cc(F)c(N3CCNCC3)c(F)c2)CC1. The molecule has 2 aliphatic rings. The fraction of sp³-hybridized carbons (Fsp3) is 0.667. The second-order valence-electron chi connectivity index (χ2n) is 7.16. The van der Waals surface area contributed by atoms with Crippen LogP contribution in [-0.2, 0) is 0 Å². The summed E-state index contributed by atoms with van der Waals surface area (Å²) in [4.78, 5) is 3.92. The van der Waals surface area contributed by atoms with E-state index in [1.54, 1.807) is 4.90 Å². The number of benzene rings is 1. The Balaban J connectivity index is 1.53. The summed E-state index contributed by atoms with van der Waals surface area (Å²) in [7, 11) is 0. The molecule has 0 saturated carbocycles. The summed E-state index contributed by atoms with van der Waals surface area (Å²) < 4.78 is 34.2. The van der Waals surface area contributed by atoms with Crippen molar-refractivity contribution in [1.29, 1.82) is 0 Å². The first-order valence-electron chi connectivity index (χ1n) is 8.97. The molecule has 140 valence electrons. The third-order valence-corrected chi connectivity index (χ3v) is 5.03. The van der Waals surface area contributed by atoms with Crippen LogP contribution in [0.25, 0.3) is 0 Å². The first kappa shape index (κ1) is 18.4. The molecule has 2 heterocycles. The molecule has 7 heteroatoms. The van der Waals surface area contributed by atoms with Crippen LogP contribution >= 0.6 is 0 Å². The van der Waals surface area contributed by atoms with Gasteiger partial charge < -0.3 is 20.1 Å². The van der Waals surface area contributed by atoms with E-state index in [2.05, 4.69) is 10.2 Å². The summed E-state index contributed by atoms with van der Waals surface area (Å²) in [6.45, 7) is 7.14. The zero-order valence-electron chi connectivity index (χ0n) is 14.7. The molecule has 0 bridgehead atoms. The van der Waals surface area contributed by atoms with Crippen molar-refractivity contribution in [3.05, 3.63) is 23.8 Å². The fourth-order valence-electron chi connectivity index (χ4n) is 3.37. The highest BCUT2D eigenvalue weighted by atomic mass is 19.1. The van der Waals surface area contributed by atoms with Gasteiger partial charge in [-0.1, -0.05) is 0 Å². The zero-order chi connectivity index (χ0) is 17.9. The number of piperazine rings is 1. The highest BCUT2D eigenvalue weighted by Crippen LogP contribution is 2.28. The Kier molecular flexibility index (Phi) is 5.76. The van der Waals surface area contributed by atoms with Crippen molar-refractivity contribution in [2.75, 3.05) is 57.3 Å². The van der Waals surface area contributed by atoms with Crippen LogP contribution in [0.3, 0.4) is 0 Å². The lowest BCUT2D eigenvalue weighted by atomic mass is 9.94. The Morgan fingerprint density at radius 3 is 2.32 bits per heavy atom. The Hall–Kier alpha value is -1.44. The number of hydrogen-bond donors (Lipinski definition) is 2. The van der Waals surface area contributed by atoms with Crippen molar-refractivity contribution in [3.8, 4) is 5.75 Å². The quantitative estimate of drug-likeness (QED) is 0.840. The number of rotatable bonds is 5. The number of halogens is 2. The van der Waals surface area contributed by atoms with E-state index in [9.17, 15) is 13.9 Å². The second-order valence-corrected chi connectivity index (χ2v) is 7.16. The third kappa shape index (κ3) is 4.80. The van der Waals surface area contributed by atoms with Gasteiger partial charge in [0.2, 0.25) is 0 Å². The maximum absolute atomic E-state index is 14.3. The predicted octanol–water partition coefficient (Wildman–Crippen LogP) is 1.60. The summed E-state index contributed by atoms with van der Waals surface area (Å²) in [5, 5.41) is 13.1. The van der Waals surface area contributed by atoms with Crippen LogP contribution in [0.4, 0.5) is 14.5 Å². The van der Waals surface area contributed by atoms with Gasteiger partial charge in [-0.05, 0) is 19.8 Å². The van der Waals surface area contributed by atoms with Crippen molar-refractivity contribution in [2.24, 2.45) is 0 Å². The van der Waals surface area contributed by atoms with Crippen molar-refractivity contribution in [1.82, 2.24) is 10.2 Å². The summed E-state index contributed by atoms with van der Waals surface area (Å²) in [6.07, 6.45) is 1.46. The smallest absolute Gasteiger partial charge is 0.153 e. The Morgan fingerprint density at radius 2 is 1.72 bits per heavy atom. The van der Waals surface area contributed by atoms with E-state index in [0.29, 0.717) is 26.2 Å². The Morgan fingerprint density at radius 1 is 1.12 bits per heavy atom. The number of hydrogen-bond acceptors (Lipinski definition) is 5. The van der Waals surface area contributed by atoms with Crippen LogP contribution in [0.5, 0.6) is 5.75 Å². The molecule has 5 nitrogen and oxygen atoms in total. The van der Waals surface area contributed by atoms with Gasteiger partial charge in [0.1, 0.15) is 18.0 Å². The highest BCUT2D eigenvalue weighted by Gasteiger charge is 2.27. The zero-order valence-corrected chi connectivity index (χ0v) is 14.7. The van der Waals surface area contributed by atoms with Crippen molar-refractivity contribution in [2.45, 2.75) is 25.4 Å². The number of likely N-dealkylation sites (tertiary alicyclic amines) is 1. The third-order valence-electron chi connectivity index (χ3n) is 5.03. The monoisotopic (exact) mass is 355 g/mol.